The maximum absolute atomic E-state index is 13.1. The largest absolute Gasteiger partial charge is 0.452 e. The molecule has 2 heterocycles. The molecule has 2 amide bonds. The van der Waals surface area contributed by atoms with Crippen molar-refractivity contribution in [3.8, 4) is 28.1 Å². The molecular weight excluding hydrogens is 639 g/mol. The highest BCUT2D eigenvalue weighted by Gasteiger charge is 2.30. The van der Waals surface area contributed by atoms with E-state index in [9.17, 15) is 27.6 Å². The van der Waals surface area contributed by atoms with E-state index in [0.717, 1.165) is 36.1 Å². The van der Waals surface area contributed by atoms with Gasteiger partial charge in [-0.2, -0.15) is 13.2 Å². The summed E-state index contributed by atoms with van der Waals surface area (Å²) in [7, 11) is 3.11. The Bertz CT molecular complexity index is 1800. The van der Waals surface area contributed by atoms with Gasteiger partial charge in [0.1, 0.15) is 11.3 Å². The van der Waals surface area contributed by atoms with Crippen LogP contribution in [0.2, 0.25) is 0 Å². The van der Waals surface area contributed by atoms with Gasteiger partial charge in [-0.25, -0.2) is 14.3 Å². The number of hydrogen-bond donors (Lipinski definition) is 0. The molecule has 1 aliphatic rings. The fraction of sp³-hybridized carbons (Fsp3) is 0.361. The normalized spacial score (nSPS) is 14.0. The molecule has 13 heteroatoms. The number of halogens is 3. The van der Waals surface area contributed by atoms with E-state index < -0.39 is 29.9 Å². The topological polar surface area (TPSA) is 107 Å². The average molecular weight is 678 g/mol. The van der Waals surface area contributed by atoms with Gasteiger partial charge >= 0.3 is 18.2 Å². The summed E-state index contributed by atoms with van der Waals surface area (Å²) in [6, 6.07) is 17.6. The summed E-state index contributed by atoms with van der Waals surface area (Å²) in [6.45, 7) is 6.29. The number of likely N-dealkylation sites (N-methyl/N-ethyl adjacent to an activating group) is 1. The lowest BCUT2D eigenvalue weighted by molar-refractivity contribution is -0.137. The fourth-order valence-corrected chi connectivity index (χ4v) is 5.39. The summed E-state index contributed by atoms with van der Waals surface area (Å²) in [4.78, 5) is 40.7. The summed E-state index contributed by atoms with van der Waals surface area (Å²) in [6.07, 6.45) is -1.62. The van der Waals surface area contributed by atoms with Crippen molar-refractivity contribution in [2.45, 2.75) is 51.3 Å². The van der Waals surface area contributed by atoms with Gasteiger partial charge < -0.3 is 19.3 Å². The molecule has 1 aliphatic heterocycles. The third-order valence-electron chi connectivity index (χ3n) is 8.11. The standard InChI is InChI=1S/C36H38F3N5O5/c1-35(2,3)49-34(47)43-16-14-25(15-17-43)23-6-8-24(9-7-23)27-18-28(33(46)48-22-32(45)42(4)5)20-30(19-27)44-21-31(40-41-44)26-10-12-29(13-11-26)36(37,38)39/h6-13,18-21,25H,14-17,22H2,1-5H3. The van der Waals surface area contributed by atoms with Crippen LogP contribution in [0.4, 0.5) is 18.0 Å². The second kappa shape index (κ2) is 14.1. The van der Waals surface area contributed by atoms with Crippen LogP contribution >= 0.6 is 0 Å². The van der Waals surface area contributed by atoms with E-state index in [1.807, 2.05) is 45.0 Å². The quantitative estimate of drug-likeness (QED) is 0.194. The molecule has 0 atom stereocenters. The Morgan fingerprint density at radius 3 is 2.10 bits per heavy atom. The number of nitrogens with zero attached hydrogens (tertiary/aromatic N) is 5. The maximum atomic E-state index is 13.1. The minimum atomic E-state index is -4.46. The molecule has 49 heavy (non-hydrogen) atoms. The number of hydrogen-bond acceptors (Lipinski definition) is 7. The van der Waals surface area contributed by atoms with Crippen molar-refractivity contribution in [2.75, 3.05) is 33.8 Å². The summed E-state index contributed by atoms with van der Waals surface area (Å²) < 4.78 is 51.4. The Kier molecular flexibility index (Phi) is 10.1. The van der Waals surface area contributed by atoms with E-state index in [1.165, 1.54) is 21.7 Å². The van der Waals surface area contributed by atoms with E-state index in [-0.39, 0.29) is 23.5 Å². The van der Waals surface area contributed by atoms with Gasteiger partial charge in [0, 0.05) is 32.7 Å². The number of alkyl halides is 3. The molecule has 258 valence electrons. The first-order valence-corrected chi connectivity index (χ1v) is 15.8. The first-order valence-electron chi connectivity index (χ1n) is 15.8. The lowest BCUT2D eigenvalue weighted by Crippen LogP contribution is -2.41. The lowest BCUT2D eigenvalue weighted by atomic mass is 9.88. The van der Waals surface area contributed by atoms with Crippen molar-refractivity contribution in [1.29, 1.82) is 0 Å². The fourth-order valence-electron chi connectivity index (χ4n) is 5.39. The molecular formula is C36H38F3N5O5. The highest BCUT2D eigenvalue weighted by Crippen LogP contribution is 2.33. The first kappa shape index (κ1) is 35.1. The summed E-state index contributed by atoms with van der Waals surface area (Å²) in [5.74, 6) is -0.831. The molecule has 10 nitrogen and oxygen atoms in total. The van der Waals surface area contributed by atoms with Crippen LogP contribution < -0.4 is 0 Å². The van der Waals surface area contributed by atoms with Crippen LogP contribution in [0, 0.1) is 0 Å². The molecule has 0 aliphatic carbocycles. The number of carbonyl (C=O) groups is 3. The molecule has 4 aromatic rings. The minimum Gasteiger partial charge on any atom is -0.452 e. The van der Waals surface area contributed by atoms with Gasteiger partial charge in [0.15, 0.2) is 6.61 Å². The van der Waals surface area contributed by atoms with E-state index in [4.69, 9.17) is 9.47 Å². The number of piperidine rings is 1. The van der Waals surface area contributed by atoms with Crippen LogP contribution in [-0.4, -0.2) is 82.2 Å². The SMILES string of the molecule is CN(C)C(=O)COC(=O)c1cc(-c2ccc(C3CCN(C(=O)OC(C)(C)C)CC3)cc2)cc(-n2cc(-c3ccc(C(F)(F)F)cc3)nn2)c1. The molecule has 0 spiro atoms. The predicted molar refractivity (Wildman–Crippen MR) is 176 cm³/mol. The Morgan fingerprint density at radius 2 is 1.51 bits per heavy atom. The van der Waals surface area contributed by atoms with Crippen LogP contribution in [0.1, 0.15) is 61.0 Å². The zero-order valence-electron chi connectivity index (χ0n) is 28.0. The molecule has 3 aromatic carbocycles. The third-order valence-corrected chi connectivity index (χ3v) is 8.11. The van der Waals surface area contributed by atoms with Crippen LogP contribution in [0.25, 0.3) is 28.1 Å². The minimum absolute atomic E-state index is 0.171. The van der Waals surface area contributed by atoms with Gasteiger partial charge in [-0.05, 0) is 86.6 Å². The van der Waals surface area contributed by atoms with Crippen molar-refractivity contribution >= 4 is 18.0 Å². The third kappa shape index (κ3) is 8.84. The molecule has 0 saturated carbocycles. The Labute approximate surface area is 282 Å². The Morgan fingerprint density at radius 1 is 0.878 bits per heavy atom. The highest BCUT2D eigenvalue weighted by molar-refractivity contribution is 5.93. The van der Waals surface area contributed by atoms with Crippen LogP contribution in [0.5, 0.6) is 0 Å². The van der Waals surface area contributed by atoms with Gasteiger partial charge in [0.2, 0.25) is 0 Å². The number of benzene rings is 3. The number of carbonyl (C=O) groups excluding carboxylic acids is 3. The van der Waals surface area contributed by atoms with Crippen molar-refractivity contribution in [2.24, 2.45) is 0 Å². The molecule has 0 N–H and O–H groups in total. The molecule has 0 unspecified atom stereocenters. The summed E-state index contributed by atoms with van der Waals surface area (Å²) >= 11 is 0. The lowest BCUT2D eigenvalue weighted by Gasteiger charge is -2.33. The van der Waals surface area contributed by atoms with E-state index in [2.05, 4.69) is 10.3 Å². The van der Waals surface area contributed by atoms with Crippen molar-refractivity contribution in [3.63, 3.8) is 0 Å². The summed E-state index contributed by atoms with van der Waals surface area (Å²) in [5, 5.41) is 8.31. The maximum Gasteiger partial charge on any atom is 0.416 e. The predicted octanol–water partition coefficient (Wildman–Crippen LogP) is 6.98. The number of likely N-dealkylation sites (tertiary alicyclic amines) is 1. The number of aromatic nitrogens is 3. The highest BCUT2D eigenvalue weighted by atomic mass is 19.4. The van der Waals surface area contributed by atoms with E-state index in [0.29, 0.717) is 35.6 Å². The average Bonchev–Trinajstić information content (AvgIpc) is 3.56. The molecule has 1 fully saturated rings. The number of amides is 2. The smallest absolute Gasteiger partial charge is 0.416 e. The summed E-state index contributed by atoms with van der Waals surface area (Å²) in [5.41, 5.74) is 2.67. The second-order valence-electron chi connectivity index (χ2n) is 13.1. The second-order valence-corrected chi connectivity index (χ2v) is 13.1. The van der Waals surface area contributed by atoms with Crippen molar-refractivity contribution in [1.82, 2.24) is 24.8 Å². The van der Waals surface area contributed by atoms with Crippen molar-refractivity contribution < 1.29 is 37.0 Å². The molecule has 5 rings (SSSR count). The first-order chi connectivity index (χ1) is 23.1. The molecule has 1 saturated heterocycles. The molecule has 1 aromatic heterocycles. The van der Waals surface area contributed by atoms with Gasteiger partial charge in [-0.3, -0.25) is 4.79 Å². The number of rotatable bonds is 7. The van der Waals surface area contributed by atoms with E-state index in [1.54, 1.807) is 43.4 Å². The van der Waals surface area contributed by atoms with Gasteiger partial charge in [-0.15, -0.1) is 5.10 Å². The van der Waals surface area contributed by atoms with Crippen LogP contribution in [0.3, 0.4) is 0 Å². The van der Waals surface area contributed by atoms with E-state index >= 15 is 0 Å². The molecule has 0 bridgehead atoms. The zero-order chi connectivity index (χ0) is 35.5. The Hall–Kier alpha value is -5.20. The number of ether oxygens (including phenoxy) is 2. The van der Waals surface area contributed by atoms with Gasteiger partial charge in [-0.1, -0.05) is 41.6 Å². The monoisotopic (exact) mass is 677 g/mol. The van der Waals surface area contributed by atoms with Gasteiger partial charge in [0.05, 0.1) is 23.0 Å². The zero-order valence-corrected chi connectivity index (χ0v) is 28.0. The van der Waals surface area contributed by atoms with Crippen molar-refractivity contribution in [3.05, 3.63) is 89.6 Å². The Balaban J connectivity index is 1.39. The van der Waals surface area contributed by atoms with Gasteiger partial charge in [0.25, 0.3) is 5.91 Å². The molecule has 0 radical (unpaired) electrons. The number of esters is 1. The van der Waals surface area contributed by atoms with Crippen LogP contribution in [0.15, 0.2) is 72.9 Å². The van der Waals surface area contributed by atoms with Crippen LogP contribution in [-0.2, 0) is 20.4 Å².